The summed E-state index contributed by atoms with van der Waals surface area (Å²) in [6, 6.07) is 10.4. The molecule has 40 heavy (non-hydrogen) atoms. The Balaban J connectivity index is 1.14. The summed E-state index contributed by atoms with van der Waals surface area (Å²) >= 11 is 5.95. The molecule has 0 amide bonds. The Morgan fingerprint density at radius 1 is 1.23 bits per heavy atom. The lowest BCUT2D eigenvalue weighted by atomic mass is 9.88. The van der Waals surface area contributed by atoms with E-state index in [1.807, 2.05) is 12.1 Å². The maximum atomic E-state index is 14.8. The maximum absolute atomic E-state index is 14.8. The van der Waals surface area contributed by atoms with Crippen molar-refractivity contribution in [3.8, 4) is 11.5 Å². The zero-order valence-electron chi connectivity index (χ0n) is 22.2. The molecular weight excluding hydrogens is 537 g/mol. The van der Waals surface area contributed by atoms with Crippen LogP contribution in [0.4, 0.5) is 4.39 Å². The van der Waals surface area contributed by atoms with E-state index in [9.17, 15) is 9.18 Å². The number of carboxylic acid groups (broad SMARTS) is 1. The average molecular weight is 568 g/mol. The van der Waals surface area contributed by atoms with Crippen molar-refractivity contribution in [1.82, 2.24) is 14.5 Å². The van der Waals surface area contributed by atoms with Crippen molar-refractivity contribution >= 4 is 23.6 Å². The van der Waals surface area contributed by atoms with Crippen LogP contribution < -0.4 is 9.47 Å². The second-order valence-corrected chi connectivity index (χ2v) is 11.1. The molecule has 10 heteroatoms. The topological polar surface area (TPSA) is 86.1 Å². The fourth-order valence-corrected chi connectivity index (χ4v) is 5.89. The third-order valence-corrected chi connectivity index (χ3v) is 8.20. The first kappa shape index (κ1) is 26.8. The first-order valence-electron chi connectivity index (χ1n) is 13.5. The molecule has 210 valence electrons. The second kappa shape index (κ2) is 10.9. The van der Waals surface area contributed by atoms with Crippen molar-refractivity contribution in [2.75, 3.05) is 19.7 Å². The van der Waals surface area contributed by atoms with Crippen molar-refractivity contribution < 1.29 is 28.5 Å². The van der Waals surface area contributed by atoms with Gasteiger partial charge in [0.1, 0.15) is 11.6 Å². The molecule has 4 heterocycles. The first-order chi connectivity index (χ1) is 19.3. The van der Waals surface area contributed by atoms with Crippen LogP contribution in [0.25, 0.3) is 6.08 Å². The molecule has 3 aliphatic heterocycles. The SMILES string of the molecule is C[C@@]1(c2ccc(Cl)cc2F)Oc2cccc(C3CCN(Cc4ncc(/C=C/C(=O)O)n4C[C@@H]4CCO4)CC3)c2O1. The highest BCUT2D eigenvalue weighted by Crippen LogP contribution is 2.49. The fourth-order valence-electron chi connectivity index (χ4n) is 5.73. The van der Waals surface area contributed by atoms with Gasteiger partial charge in [-0.05, 0) is 68.6 Å². The minimum Gasteiger partial charge on any atom is -0.478 e. The van der Waals surface area contributed by atoms with Gasteiger partial charge in [0, 0.05) is 30.2 Å². The number of aromatic nitrogens is 2. The Morgan fingerprint density at radius 2 is 2.02 bits per heavy atom. The van der Waals surface area contributed by atoms with Gasteiger partial charge in [-0.15, -0.1) is 0 Å². The van der Waals surface area contributed by atoms with Gasteiger partial charge in [0.05, 0.1) is 36.6 Å². The summed E-state index contributed by atoms with van der Waals surface area (Å²) in [7, 11) is 0. The van der Waals surface area contributed by atoms with E-state index in [-0.39, 0.29) is 12.0 Å². The Hall–Kier alpha value is -3.40. The normalized spacial score (nSPS) is 23.0. The number of para-hydroxylation sites is 1. The lowest BCUT2D eigenvalue weighted by molar-refractivity contribution is -0.131. The van der Waals surface area contributed by atoms with Crippen LogP contribution in [0.5, 0.6) is 11.5 Å². The van der Waals surface area contributed by atoms with Crippen molar-refractivity contribution in [2.45, 2.75) is 57.1 Å². The average Bonchev–Trinajstić information content (AvgIpc) is 3.45. The van der Waals surface area contributed by atoms with Gasteiger partial charge in [0.2, 0.25) is 0 Å². The number of carbonyl (C=O) groups is 1. The number of hydrogen-bond acceptors (Lipinski definition) is 6. The van der Waals surface area contributed by atoms with E-state index in [0.717, 1.165) is 62.1 Å². The fraction of sp³-hybridized carbons (Fsp3) is 0.400. The molecule has 1 aromatic heterocycles. The van der Waals surface area contributed by atoms with Crippen LogP contribution in [0.2, 0.25) is 5.02 Å². The van der Waals surface area contributed by atoms with Gasteiger partial charge in [0.15, 0.2) is 11.5 Å². The molecule has 8 nitrogen and oxygen atoms in total. The Bertz CT molecular complexity index is 1450. The monoisotopic (exact) mass is 567 g/mol. The van der Waals surface area contributed by atoms with E-state index in [2.05, 4.69) is 20.5 Å². The molecule has 0 aliphatic carbocycles. The zero-order chi connectivity index (χ0) is 27.9. The molecule has 0 saturated carbocycles. The number of carboxylic acids is 1. The predicted octanol–water partition coefficient (Wildman–Crippen LogP) is 5.59. The van der Waals surface area contributed by atoms with E-state index < -0.39 is 17.6 Å². The van der Waals surface area contributed by atoms with E-state index in [4.69, 9.17) is 30.9 Å². The number of imidazole rings is 1. The zero-order valence-corrected chi connectivity index (χ0v) is 22.9. The lowest BCUT2D eigenvalue weighted by Gasteiger charge is -2.33. The van der Waals surface area contributed by atoms with Crippen LogP contribution in [0, 0.1) is 5.82 Å². The Morgan fingerprint density at radius 3 is 2.73 bits per heavy atom. The second-order valence-electron chi connectivity index (χ2n) is 10.7. The summed E-state index contributed by atoms with van der Waals surface area (Å²) in [6.07, 6.45) is 7.42. The number of halogens is 2. The molecule has 6 rings (SSSR count). The van der Waals surface area contributed by atoms with E-state index >= 15 is 0 Å². The number of likely N-dealkylation sites (tertiary alicyclic amines) is 1. The van der Waals surface area contributed by atoms with Crippen molar-refractivity contribution in [3.63, 3.8) is 0 Å². The molecule has 3 aromatic rings. The molecule has 2 fully saturated rings. The predicted molar refractivity (Wildman–Crippen MR) is 147 cm³/mol. The van der Waals surface area contributed by atoms with Crippen molar-refractivity contribution in [2.24, 2.45) is 0 Å². The van der Waals surface area contributed by atoms with Crippen LogP contribution >= 0.6 is 11.6 Å². The summed E-state index contributed by atoms with van der Waals surface area (Å²) < 4.78 is 34.9. The summed E-state index contributed by atoms with van der Waals surface area (Å²) in [5.74, 6) is -0.288. The molecule has 3 aliphatic rings. The Kier molecular flexibility index (Phi) is 7.29. The van der Waals surface area contributed by atoms with Crippen LogP contribution in [0.1, 0.15) is 54.7 Å². The van der Waals surface area contributed by atoms with Gasteiger partial charge in [-0.25, -0.2) is 14.2 Å². The van der Waals surface area contributed by atoms with Crippen molar-refractivity contribution in [1.29, 1.82) is 0 Å². The number of benzene rings is 2. The van der Waals surface area contributed by atoms with Gasteiger partial charge in [-0.2, -0.15) is 0 Å². The van der Waals surface area contributed by atoms with Crippen LogP contribution in [-0.4, -0.2) is 51.3 Å². The van der Waals surface area contributed by atoms with Crippen LogP contribution in [-0.2, 0) is 28.4 Å². The molecule has 2 aromatic carbocycles. The third kappa shape index (κ3) is 5.33. The number of fused-ring (bicyclic) bond motifs is 1. The standard InChI is InChI=1S/C30H31ClFN3O5/c1-30(24-7-5-20(31)15-25(24)32)39-26-4-2-3-23(29(26)40-30)19-9-12-34(13-10-19)18-27-33-16-21(6-8-28(36)37)35(27)17-22-11-14-38-22/h2-8,15-16,19,22H,9-14,17-18H2,1H3,(H,36,37)/b8-6+/t22-,30+/m0/s1. The lowest BCUT2D eigenvalue weighted by Crippen LogP contribution is -2.35. The van der Waals surface area contributed by atoms with Gasteiger partial charge in [0.25, 0.3) is 5.79 Å². The summed E-state index contributed by atoms with van der Waals surface area (Å²) in [5, 5.41) is 9.39. The molecule has 0 bridgehead atoms. The highest BCUT2D eigenvalue weighted by Gasteiger charge is 2.43. The molecular formula is C30H31ClFN3O5. The Labute approximate surface area is 236 Å². The van der Waals surface area contributed by atoms with Gasteiger partial charge < -0.3 is 23.9 Å². The van der Waals surface area contributed by atoms with E-state index in [1.54, 1.807) is 31.3 Å². The highest BCUT2D eigenvalue weighted by molar-refractivity contribution is 6.30. The van der Waals surface area contributed by atoms with Gasteiger partial charge >= 0.3 is 5.97 Å². The first-order valence-corrected chi connectivity index (χ1v) is 13.9. The van der Waals surface area contributed by atoms with Crippen molar-refractivity contribution in [3.05, 3.63) is 82.2 Å². The number of nitrogens with zero attached hydrogens (tertiary/aromatic N) is 3. The number of piperidine rings is 1. The summed E-state index contributed by atoms with van der Waals surface area (Å²) in [5.41, 5.74) is 2.13. The minimum absolute atomic E-state index is 0.130. The number of aliphatic carboxylic acids is 1. The quantitative estimate of drug-likeness (QED) is 0.355. The van der Waals surface area contributed by atoms with Crippen LogP contribution in [0.15, 0.2) is 48.7 Å². The van der Waals surface area contributed by atoms with Gasteiger partial charge in [-0.3, -0.25) is 4.90 Å². The number of ether oxygens (including phenoxy) is 3. The number of hydrogen-bond donors (Lipinski definition) is 1. The molecule has 2 saturated heterocycles. The molecule has 0 unspecified atom stereocenters. The van der Waals surface area contributed by atoms with E-state index in [0.29, 0.717) is 35.2 Å². The molecule has 1 N–H and O–H groups in total. The molecule has 0 radical (unpaired) electrons. The highest BCUT2D eigenvalue weighted by atomic mass is 35.5. The molecule has 0 spiro atoms. The van der Waals surface area contributed by atoms with Crippen LogP contribution in [0.3, 0.4) is 0 Å². The summed E-state index contributed by atoms with van der Waals surface area (Å²) in [4.78, 5) is 18.1. The van der Waals surface area contributed by atoms with E-state index in [1.165, 1.54) is 6.07 Å². The largest absolute Gasteiger partial charge is 0.478 e. The minimum atomic E-state index is -1.28. The molecule has 2 atom stereocenters. The smallest absolute Gasteiger partial charge is 0.328 e. The maximum Gasteiger partial charge on any atom is 0.328 e. The van der Waals surface area contributed by atoms with Gasteiger partial charge in [-0.1, -0.05) is 23.7 Å². The number of rotatable bonds is 8. The summed E-state index contributed by atoms with van der Waals surface area (Å²) in [6.45, 7) is 5.54. The third-order valence-electron chi connectivity index (χ3n) is 7.97.